The highest BCUT2D eigenvalue weighted by atomic mass is 79.9. The third kappa shape index (κ3) is 3.04. The lowest BCUT2D eigenvalue weighted by Gasteiger charge is -2.27. The Balaban J connectivity index is 2.03. The fourth-order valence-electron chi connectivity index (χ4n) is 2.19. The molecule has 92 valence electrons. The predicted octanol–water partition coefficient (Wildman–Crippen LogP) is 2.30. The minimum Gasteiger partial charge on any atom is -0.327 e. The van der Waals surface area contributed by atoms with Crippen LogP contribution < -0.4 is 11.1 Å². The van der Waals surface area contributed by atoms with Gasteiger partial charge >= 0.3 is 0 Å². The molecule has 3 N–H and O–H groups in total. The lowest BCUT2D eigenvalue weighted by Crippen LogP contribution is -2.40. The number of nitrogens with two attached hydrogens (primary N) is 1. The fourth-order valence-corrected chi connectivity index (χ4v) is 2.54. The summed E-state index contributed by atoms with van der Waals surface area (Å²) in [4.78, 5) is 16.1. The molecule has 1 amide bonds. The molecule has 0 spiro atoms. The van der Waals surface area contributed by atoms with Gasteiger partial charge in [-0.15, -0.1) is 0 Å². The maximum atomic E-state index is 12.1. The maximum Gasteiger partial charge on any atom is 0.229 e. The summed E-state index contributed by atoms with van der Waals surface area (Å²) in [5.74, 6) is -0.0482. The number of carbonyl (C=O) groups excluding carboxylic acids is 1. The molecule has 1 saturated carbocycles. The molecule has 2 rings (SSSR count). The number of pyridine rings is 1. The van der Waals surface area contributed by atoms with Gasteiger partial charge in [-0.05, 0) is 34.8 Å². The van der Waals surface area contributed by atoms with Gasteiger partial charge in [0, 0.05) is 18.4 Å². The number of nitrogens with one attached hydrogen (secondary N) is 1. The first-order chi connectivity index (χ1) is 8.18. The van der Waals surface area contributed by atoms with Crippen molar-refractivity contribution in [3.05, 3.63) is 22.9 Å². The highest BCUT2D eigenvalue weighted by molar-refractivity contribution is 9.10. The van der Waals surface area contributed by atoms with Crippen LogP contribution in [-0.4, -0.2) is 16.9 Å². The van der Waals surface area contributed by atoms with Crippen LogP contribution in [0.2, 0.25) is 0 Å². The fraction of sp³-hybridized carbons (Fsp3) is 0.500. The molecule has 1 heterocycles. The maximum absolute atomic E-state index is 12.1. The summed E-state index contributed by atoms with van der Waals surface area (Å²) in [6.45, 7) is 0. The van der Waals surface area contributed by atoms with Crippen molar-refractivity contribution in [2.75, 3.05) is 5.32 Å². The Morgan fingerprint density at radius 2 is 2.24 bits per heavy atom. The van der Waals surface area contributed by atoms with Crippen LogP contribution in [0.15, 0.2) is 22.9 Å². The molecule has 0 aliphatic heterocycles. The summed E-state index contributed by atoms with van der Waals surface area (Å²) in [6, 6.07) is 1.76. The first-order valence-corrected chi connectivity index (χ1v) is 6.64. The third-order valence-electron chi connectivity index (χ3n) is 3.19. The number of carbonyl (C=O) groups is 1. The van der Waals surface area contributed by atoms with E-state index >= 15 is 0 Å². The van der Waals surface area contributed by atoms with Crippen molar-refractivity contribution >= 4 is 27.5 Å². The molecule has 17 heavy (non-hydrogen) atoms. The zero-order chi connectivity index (χ0) is 12.3. The van der Waals surface area contributed by atoms with E-state index in [1.165, 1.54) is 0 Å². The Morgan fingerprint density at radius 1 is 1.47 bits per heavy atom. The van der Waals surface area contributed by atoms with Crippen molar-refractivity contribution in [2.45, 2.75) is 31.7 Å². The van der Waals surface area contributed by atoms with Crippen LogP contribution >= 0.6 is 15.9 Å². The Morgan fingerprint density at radius 3 is 2.94 bits per heavy atom. The summed E-state index contributed by atoms with van der Waals surface area (Å²) in [6.07, 6.45) is 7.36. The molecule has 1 aliphatic rings. The van der Waals surface area contributed by atoms with Gasteiger partial charge in [-0.2, -0.15) is 0 Å². The molecule has 1 aromatic heterocycles. The monoisotopic (exact) mass is 297 g/mol. The van der Waals surface area contributed by atoms with Gasteiger partial charge < -0.3 is 11.1 Å². The number of hydrogen-bond acceptors (Lipinski definition) is 3. The molecule has 1 aliphatic carbocycles. The molecular weight excluding hydrogens is 282 g/mol. The van der Waals surface area contributed by atoms with Crippen LogP contribution in [0.4, 0.5) is 5.69 Å². The Bertz CT molecular complexity index is 410. The Labute approximate surface area is 109 Å². The van der Waals surface area contributed by atoms with Crippen LogP contribution in [0, 0.1) is 5.92 Å². The minimum atomic E-state index is -0.0659. The van der Waals surface area contributed by atoms with E-state index in [0.29, 0.717) is 0 Å². The smallest absolute Gasteiger partial charge is 0.229 e. The summed E-state index contributed by atoms with van der Waals surface area (Å²) in [7, 11) is 0. The molecule has 5 heteroatoms. The van der Waals surface area contributed by atoms with Crippen molar-refractivity contribution in [1.82, 2.24) is 4.98 Å². The van der Waals surface area contributed by atoms with E-state index < -0.39 is 0 Å². The normalized spacial score (nSPS) is 24.4. The first-order valence-electron chi connectivity index (χ1n) is 5.84. The lowest BCUT2D eigenvalue weighted by atomic mass is 9.84. The summed E-state index contributed by atoms with van der Waals surface area (Å²) in [5, 5.41) is 2.90. The van der Waals surface area contributed by atoms with E-state index in [2.05, 4.69) is 26.2 Å². The highest BCUT2D eigenvalue weighted by Gasteiger charge is 2.28. The lowest BCUT2D eigenvalue weighted by molar-refractivity contribution is -0.121. The molecule has 0 bridgehead atoms. The predicted molar refractivity (Wildman–Crippen MR) is 70.5 cm³/mol. The Kier molecular flexibility index (Phi) is 4.12. The van der Waals surface area contributed by atoms with Gasteiger partial charge in [-0.3, -0.25) is 9.78 Å². The van der Waals surface area contributed by atoms with E-state index in [0.717, 1.165) is 35.8 Å². The van der Waals surface area contributed by atoms with Crippen LogP contribution in [-0.2, 0) is 4.79 Å². The van der Waals surface area contributed by atoms with Gasteiger partial charge in [0.25, 0.3) is 0 Å². The topological polar surface area (TPSA) is 68.0 Å². The van der Waals surface area contributed by atoms with E-state index in [1.54, 1.807) is 18.5 Å². The van der Waals surface area contributed by atoms with Crippen LogP contribution in [0.1, 0.15) is 25.7 Å². The second kappa shape index (κ2) is 5.60. The van der Waals surface area contributed by atoms with Crippen LogP contribution in [0.5, 0.6) is 0 Å². The molecule has 1 fully saturated rings. The molecule has 2 atom stereocenters. The summed E-state index contributed by atoms with van der Waals surface area (Å²) < 4.78 is 0.790. The summed E-state index contributed by atoms with van der Waals surface area (Å²) >= 11 is 3.36. The van der Waals surface area contributed by atoms with Crippen molar-refractivity contribution in [1.29, 1.82) is 0 Å². The molecule has 2 unspecified atom stereocenters. The van der Waals surface area contributed by atoms with E-state index in [1.807, 2.05) is 0 Å². The first kappa shape index (κ1) is 12.5. The second-order valence-electron chi connectivity index (χ2n) is 4.40. The zero-order valence-electron chi connectivity index (χ0n) is 9.53. The average Bonchev–Trinajstić information content (AvgIpc) is 2.32. The molecule has 0 radical (unpaired) electrons. The SMILES string of the molecule is NC1CCCCC1C(=O)Nc1ccncc1Br. The molecule has 1 aromatic rings. The number of nitrogens with zero attached hydrogens (tertiary/aromatic N) is 1. The van der Waals surface area contributed by atoms with Gasteiger partial charge in [0.1, 0.15) is 0 Å². The van der Waals surface area contributed by atoms with Crippen LogP contribution in [0.3, 0.4) is 0 Å². The molecular formula is C12H16BrN3O. The number of amides is 1. The average molecular weight is 298 g/mol. The molecule has 0 saturated heterocycles. The number of halogens is 1. The van der Waals surface area contributed by atoms with E-state index in [9.17, 15) is 4.79 Å². The van der Waals surface area contributed by atoms with Gasteiger partial charge in [0.15, 0.2) is 0 Å². The highest BCUT2D eigenvalue weighted by Crippen LogP contribution is 2.26. The van der Waals surface area contributed by atoms with Crippen molar-refractivity contribution in [3.8, 4) is 0 Å². The quantitative estimate of drug-likeness (QED) is 0.880. The summed E-state index contributed by atoms with van der Waals surface area (Å²) in [5.41, 5.74) is 6.74. The minimum absolute atomic E-state index is 0.00985. The second-order valence-corrected chi connectivity index (χ2v) is 5.25. The van der Waals surface area contributed by atoms with Gasteiger partial charge in [-0.1, -0.05) is 12.8 Å². The number of aromatic nitrogens is 1. The van der Waals surface area contributed by atoms with E-state index in [4.69, 9.17) is 5.73 Å². The van der Waals surface area contributed by atoms with E-state index in [-0.39, 0.29) is 17.9 Å². The third-order valence-corrected chi connectivity index (χ3v) is 3.82. The molecule has 4 nitrogen and oxygen atoms in total. The molecule has 0 aromatic carbocycles. The zero-order valence-corrected chi connectivity index (χ0v) is 11.1. The number of rotatable bonds is 2. The van der Waals surface area contributed by atoms with Gasteiger partial charge in [-0.25, -0.2) is 0 Å². The number of anilines is 1. The van der Waals surface area contributed by atoms with Crippen molar-refractivity contribution in [2.24, 2.45) is 11.7 Å². The standard InChI is InChI=1S/C12H16BrN3O/c13-9-7-15-6-5-11(9)16-12(17)8-3-1-2-4-10(8)14/h5-8,10H,1-4,14H2,(H,15,16,17). The largest absolute Gasteiger partial charge is 0.327 e. The van der Waals surface area contributed by atoms with Crippen molar-refractivity contribution < 1.29 is 4.79 Å². The number of hydrogen-bond donors (Lipinski definition) is 2. The van der Waals surface area contributed by atoms with Gasteiger partial charge in [0.2, 0.25) is 5.91 Å². The van der Waals surface area contributed by atoms with Gasteiger partial charge in [0.05, 0.1) is 16.1 Å². The van der Waals surface area contributed by atoms with Crippen LogP contribution in [0.25, 0.3) is 0 Å². The Hall–Kier alpha value is -0.940. The van der Waals surface area contributed by atoms with Crippen molar-refractivity contribution in [3.63, 3.8) is 0 Å².